The van der Waals surface area contributed by atoms with Gasteiger partial charge in [0.15, 0.2) is 5.13 Å². The van der Waals surface area contributed by atoms with E-state index in [1.807, 2.05) is 14.0 Å². The van der Waals surface area contributed by atoms with Crippen molar-refractivity contribution in [3.8, 4) is 0 Å². The van der Waals surface area contributed by atoms with E-state index in [1.165, 1.54) is 10.6 Å². The Morgan fingerprint density at radius 1 is 1.29 bits per heavy atom. The van der Waals surface area contributed by atoms with Crippen LogP contribution in [0.2, 0.25) is 0 Å². The molecule has 4 nitrogen and oxygen atoms in total. The summed E-state index contributed by atoms with van der Waals surface area (Å²) in [6.07, 6.45) is 0. The Bertz CT molecular complexity index is 595. The van der Waals surface area contributed by atoms with Crippen LogP contribution in [-0.2, 0) is 18.5 Å². The summed E-state index contributed by atoms with van der Waals surface area (Å²) in [5.74, 6) is 0. The molecule has 0 atom stereocenters. The lowest BCUT2D eigenvalue weighted by atomic mass is 9.91. The van der Waals surface area contributed by atoms with Crippen LogP contribution in [0.15, 0.2) is 5.38 Å². The minimum absolute atomic E-state index is 0.0684. The lowest BCUT2D eigenvalue weighted by molar-refractivity contribution is 0.563. The molecule has 0 aliphatic carbocycles. The maximum absolute atomic E-state index is 4.88. The predicted molar refractivity (Wildman–Crippen MR) is 92.5 cm³/mol. The second kappa shape index (κ2) is 6.42. The van der Waals surface area contributed by atoms with Crippen molar-refractivity contribution in [3.05, 3.63) is 26.7 Å². The SMILES string of the molecule is CNCc1sc(N(C)Cc2csc(C)n2)nc1C(C)(C)C. The summed E-state index contributed by atoms with van der Waals surface area (Å²) in [6, 6.07) is 0. The molecule has 21 heavy (non-hydrogen) atoms. The lowest BCUT2D eigenvalue weighted by Crippen LogP contribution is -2.18. The van der Waals surface area contributed by atoms with Crippen LogP contribution in [0.4, 0.5) is 5.13 Å². The molecular formula is C15H24N4S2. The van der Waals surface area contributed by atoms with Gasteiger partial charge in [-0.2, -0.15) is 0 Å². The number of hydrogen-bond donors (Lipinski definition) is 1. The fourth-order valence-corrected chi connectivity index (χ4v) is 4.01. The third kappa shape index (κ3) is 4.02. The van der Waals surface area contributed by atoms with E-state index < -0.39 is 0 Å². The normalized spacial score (nSPS) is 11.9. The van der Waals surface area contributed by atoms with E-state index in [9.17, 15) is 0 Å². The standard InChI is InChI=1S/C15H24N4S2/c1-10-17-11(9-20-10)8-19(6)14-18-13(15(2,3)4)12(21-14)7-16-5/h9,16H,7-8H2,1-6H3. The van der Waals surface area contributed by atoms with Crippen molar-refractivity contribution >= 4 is 27.8 Å². The van der Waals surface area contributed by atoms with Crippen molar-refractivity contribution in [1.29, 1.82) is 0 Å². The largest absolute Gasteiger partial charge is 0.345 e. The molecule has 1 N–H and O–H groups in total. The molecule has 0 saturated carbocycles. The highest BCUT2D eigenvalue weighted by atomic mass is 32.1. The van der Waals surface area contributed by atoms with Crippen LogP contribution in [0.25, 0.3) is 0 Å². The third-order valence-electron chi connectivity index (χ3n) is 3.13. The number of anilines is 1. The molecule has 2 heterocycles. The van der Waals surface area contributed by atoms with Crippen molar-refractivity contribution in [2.75, 3.05) is 19.0 Å². The van der Waals surface area contributed by atoms with Gasteiger partial charge in [0.25, 0.3) is 0 Å². The first-order chi connectivity index (χ1) is 9.81. The molecule has 0 saturated heterocycles. The topological polar surface area (TPSA) is 41.0 Å². The van der Waals surface area contributed by atoms with Crippen molar-refractivity contribution < 1.29 is 0 Å². The van der Waals surface area contributed by atoms with Gasteiger partial charge in [-0.3, -0.25) is 0 Å². The summed E-state index contributed by atoms with van der Waals surface area (Å²) >= 11 is 3.47. The molecule has 0 aliphatic heterocycles. The van der Waals surface area contributed by atoms with Crippen LogP contribution in [0.3, 0.4) is 0 Å². The summed E-state index contributed by atoms with van der Waals surface area (Å²) in [5.41, 5.74) is 2.37. The molecule has 0 amide bonds. The Morgan fingerprint density at radius 2 is 2.00 bits per heavy atom. The van der Waals surface area contributed by atoms with Crippen LogP contribution in [-0.4, -0.2) is 24.1 Å². The molecule has 0 spiro atoms. The molecule has 2 aromatic rings. The van der Waals surface area contributed by atoms with Crippen LogP contribution in [0.1, 0.15) is 42.0 Å². The molecule has 0 bridgehead atoms. The summed E-state index contributed by atoms with van der Waals surface area (Å²) in [5, 5.41) is 7.55. The van der Waals surface area contributed by atoms with Crippen molar-refractivity contribution in [3.63, 3.8) is 0 Å². The van der Waals surface area contributed by atoms with Gasteiger partial charge in [-0.05, 0) is 14.0 Å². The molecule has 6 heteroatoms. The third-order valence-corrected chi connectivity index (χ3v) is 5.12. The van der Waals surface area contributed by atoms with Gasteiger partial charge in [0.2, 0.25) is 0 Å². The zero-order valence-corrected chi connectivity index (χ0v) is 15.3. The first kappa shape index (κ1) is 16.4. The monoisotopic (exact) mass is 324 g/mol. The molecule has 0 aromatic carbocycles. The zero-order chi connectivity index (χ0) is 15.6. The Balaban J connectivity index is 2.22. The molecule has 0 radical (unpaired) electrons. The number of nitrogens with zero attached hydrogens (tertiary/aromatic N) is 3. The highest BCUT2D eigenvalue weighted by Gasteiger charge is 2.24. The predicted octanol–water partition coefficient (Wildman–Crippen LogP) is 3.56. The number of aromatic nitrogens is 2. The average molecular weight is 325 g/mol. The molecule has 2 aromatic heterocycles. The highest BCUT2D eigenvalue weighted by Crippen LogP contribution is 2.33. The summed E-state index contributed by atoms with van der Waals surface area (Å²) in [6.45, 7) is 10.4. The van der Waals surface area contributed by atoms with Crippen LogP contribution >= 0.6 is 22.7 Å². The van der Waals surface area contributed by atoms with E-state index in [0.717, 1.165) is 28.9 Å². The molecule has 2 rings (SSSR count). The number of aryl methyl sites for hydroxylation is 1. The van der Waals surface area contributed by atoms with E-state index >= 15 is 0 Å². The van der Waals surface area contributed by atoms with Gasteiger partial charge in [-0.1, -0.05) is 20.8 Å². The second-order valence-electron chi connectivity index (χ2n) is 6.26. The van der Waals surface area contributed by atoms with E-state index in [2.05, 4.69) is 48.4 Å². The molecule has 0 fully saturated rings. The molecule has 0 unspecified atom stereocenters. The Hall–Kier alpha value is -0.980. The fraction of sp³-hybridized carbons (Fsp3) is 0.600. The van der Waals surface area contributed by atoms with Gasteiger partial charge >= 0.3 is 0 Å². The Labute approximate surface area is 135 Å². The summed E-state index contributed by atoms with van der Waals surface area (Å²) in [4.78, 5) is 12.9. The number of hydrogen-bond acceptors (Lipinski definition) is 6. The smallest absolute Gasteiger partial charge is 0.185 e. The van der Waals surface area contributed by atoms with E-state index in [-0.39, 0.29) is 5.41 Å². The Morgan fingerprint density at radius 3 is 2.52 bits per heavy atom. The Kier molecular flexibility index (Phi) is 5.01. The summed E-state index contributed by atoms with van der Waals surface area (Å²) < 4.78 is 0. The fourth-order valence-electron chi connectivity index (χ4n) is 2.16. The number of nitrogens with one attached hydrogen (secondary N) is 1. The maximum Gasteiger partial charge on any atom is 0.185 e. The van der Waals surface area contributed by atoms with Crippen molar-refractivity contribution in [1.82, 2.24) is 15.3 Å². The van der Waals surface area contributed by atoms with Gasteiger partial charge in [-0.25, -0.2) is 9.97 Å². The van der Waals surface area contributed by atoms with E-state index in [0.29, 0.717) is 0 Å². The average Bonchev–Trinajstić information content (AvgIpc) is 2.96. The van der Waals surface area contributed by atoms with Crippen LogP contribution in [0, 0.1) is 6.92 Å². The van der Waals surface area contributed by atoms with E-state index in [1.54, 1.807) is 22.7 Å². The van der Waals surface area contributed by atoms with E-state index in [4.69, 9.17) is 4.98 Å². The van der Waals surface area contributed by atoms with Crippen LogP contribution < -0.4 is 10.2 Å². The molecule has 0 aliphatic rings. The molecule has 116 valence electrons. The van der Waals surface area contributed by atoms with Crippen molar-refractivity contribution in [2.24, 2.45) is 0 Å². The van der Waals surface area contributed by atoms with Crippen LogP contribution in [0.5, 0.6) is 0 Å². The number of thiazole rings is 2. The van der Waals surface area contributed by atoms with Gasteiger partial charge < -0.3 is 10.2 Å². The zero-order valence-electron chi connectivity index (χ0n) is 13.6. The van der Waals surface area contributed by atoms with Gasteiger partial charge in [0, 0.05) is 29.3 Å². The van der Waals surface area contributed by atoms with Gasteiger partial charge in [0.05, 0.1) is 22.9 Å². The minimum Gasteiger partial charge on any atom is -0.345 e. The number of rotatable bonds is 5. The summed E-state index contributed by atoms with van der Waals surface area (Å²) in [7, 11) is 4.07. The lowest BCUT2D eigenvalue weighted by Gasteiger charge is -2.18. The minimum atomic E-state index is 0.0684. The maximum atomic E-state index is 4.88. The quantitative estimate of drug-likeness (QED) is 0.913. The molecular weight excluding hydrogens is 300 g/mol. The van der Waals surface area contributed by atoms with Crippen molar-refractivity contribution in [2.45, 2.75) is 46.2 Å². The van der Waals surface area contributed by atoms with Gasteiger partial charge in [0.1, 0.15) is 0 Å². The highest BCUT2D eigenvalue weighted by molar-refractivity contribution is 7.15. The first-order valence-corrected chi connectivity index (χ1v) is 8.78. The van der Waals surface area contributed by atoms with Gasteiger partial charge in [-0.15, -0.1) is 22.7 Å². The second-order valence-corrected chi connectivity index (χ2v) is 8.39. The first-order valence-electron chi connectivity index (χ1n) is 7.08.